The van der Waals surface area contributed by atoms with Crippen LogP contribution in [0.3, 0.4) is 0 Å². The van der Waals surface area contributed by atoms with E-state index in [1.54, 1.807) is 0 Å². The summed E-state index contributed by atoms with van der Waals surface area (Å²) in [6, 6.07) is 0. The number of nitrogens with one attached hydrogen (secondary N) is 2. The van der Waals surface area contributed by atoms with E-state index in [4.69, 9.17) is 14.6 Å². The number of carboxylic acid groups (broad SMARTS) is 1. The van der Waals surface area contributed by atoms with Gasteiger partial charge in [0, 0.05) is 31.3 Å². The molecule has 3 N–H and O–H groups in total. The molecule has 0 aromatic rings. The van der Waals surface area contributed by atoms with Gasteiger partial charge in [-0.15, -0.1) is 0 Å². The van der Waals surface area contributed by atoms with E-state index in [0.717, 1.165) is 38.5 Å². The van der Waals surface area contributed by atoms with E-state index >= 15 is 0 Å². The molecular formula is C21H34N2O6. The maximum Gasteiger partial charge on any atom is 0.407 e. The van der Waals surface area contributed by atoms with E-state index in [1.165, 1.54) is 0 Å². The highest BCUT2D eigenvalue weighted by Gasteiger charge is 2.47. The number of amides is 2. The van der Waals surface area contributed by atoms with Gasteiger partial charge in [-0.3, -0.25) is 9.59 Å². The third-order valence-corrected chi connectivity index (χ3v) is 5.53. The Bertz CT molecular complexity index is 580. The third kappa shape index (κ3) is 8.04. The molecule has 0 unspecified atom stereocenters. The number of hydrogen-bond acceptors (Lipinski definition) is 5. The summed E-state index contributed by atoms with van der Waals surface area (Å²) in [7, 11) is 0. The smallest absolute Gasteiger partial charge is 0.407 e. The molecular weight excluding hydrogens is 376 g/mol. The fourth-order valence-electron chi connectivity index (χ4n) is 3.97. The highest BCUT2D eigenvalue weighted by atomic mass is 16.6. The zero-order valence-electron chi connectivity index (χ0n) is 17.2. The predicted molar refractivity (Wildman–Crippen MR) is 107 cm³/mol. The number of aliphatic carboxylic acids is 1. The van der Waals surface area contributed by atoms with Crippen LogP contribution in [0, 0.1) is 11.8 Å². The molecule has 8 heteroatoms. The van der Waals surface area contributed by atoms with Crippen molar-refractivity contribution in [2.24, 2.45) is 11.8 Å². The van der Waals surface area contributed by atoms with Crippen LogP contribution in [0.25, 0.3) is 0 Å². The van der Waals surface area contributed by atoms with E-state index < -0.39 is 12.1 Å². The molecule has 2 amide bonds. The lowest BCUT2D eigenvalue weighted by atomic mass is 9.79. The summed E-state index contributed by atoms with van der Waals surface area (Å²) in [5.41, 5.74) is 0. The van der Waals surface area contributed by atoms with Gasteiger partial charge < -0.3 is 25.2 Å². The number of alkyl carbamates (subject to hydrolysis) is 1. The van der Waals surface area contributed by atoms with Gasteiger partial charge in [-0.05, 0) is 38.5 Å². The Balaban J connectivity index is 1.68. The maximum absolute atomic E-state index is 12.0. The van der Waals surface area contributed by atoms with Crippen molar-refractivity contribution in [2.45, 2.75) is 70.5 Å². The molecule has 0 spiro atoms. The normalized spacial score (nSPS) is 25.3. The van der Waals surface area contributed by atoms with E-state index in [9.17, 15) is 14.4 Å². The first-order chi connectivity index (χ1) is 14.0. The summed E-state index contributed by atoms with van der Waals surface area (Å²) in [6.45, 7) is 2.78. The lowest BCUT2D eigenvalue weighted by Gasteiger charge is -2.26. The van der Waals surface area contributed by atoms with Crippen molar-refractivity contribution in [1.82, 2.24) is 10.6 Å². The Morgan fingerprint density at radius 2 is 1.93 bits per heavy atom. The lowest BCUT2D eigenvalue weighted by Crippen LogP contribution is -2.39. The fourth-order valence-corrected chi connectivity index (χ4v) is 3.97. The molecule has 2 aliphatic heterocycles. The number of rotatable bonds is 13. The van der Waals surface area contributed by atoms with E-state index in [2.05, 4.69) is 22.8 Å². The van der Waals surface area contributed by atoms with Gasteiger partial charge in [0.2, 0.25) is 0 Å². The number of fused-ring (bicyclic) bond motifs is 2. The van der Waals surface area contributed by atoms with Crippen molar-refractivity contribution in [3.8, 4) is 0 Å². The quantitative estimate of drug-likeness (QED) is 0.318. The van der Waals surface area contributed by atoms with Crippen LogP contribution in [0.4, 0.5) is 4.79 Å². The first kappa shape index (κ1) is 23.2. The number of carboxylic acids is 1. The molecule has 2 bridgehead atoms. The Labute approximate surface area is 172 Å². The number of carbonyl (C=O) groups excluding carboxylic acids is 2. The van der Waals surface area contributed by atoms with Crippen LogP contribution in [0.2, 0.25) is 0 Å². The Kier molecular flexibility index (Phi) is 9.97. The summed E-state index contributed by atoms with van der Waals surface area (Å²) < 4.78 is 10.9. The summed E-state index contributed by atoms with van der Waals surface area (Å²) in [5.74, 6) is -0.596. The molecule has 29 heavy (non-hydrogen) atoms. The number of carbonyl (C=O) groups is 3. The van der Waals surface area contributed by atoms with E-state index in [0.29, 0.717) is 19.5 Å². The summed E-state index contributed by atoms with van der Waals surface area (Å²) in [5, 5.41) is 14.1. The first-order valence-electron chi connectivity index (χ1n) is 10.7. The molecule has 0 saturated carbocycles. The maximum atomic E-state index is 12.0. The second kappa shape index (κ2) is 12.5. The van der Waals surface area contributed by atoms with Crippen molar-refractivity contribution in [3.63, 3.8) is 0 Å². The molecule has 2 fully saturated rings. The van der Waals surface area contributed by atoms with Crippen molar-refractivity contribution < 1.29 is 29.0 Å². The highest BCUT2D eigenvalue weighted by molar-refractivity contribution is 5.80. The summed E-state index contributed by atoms with van der Waals surface area (Å²) in [6.07, 6.45) is 10.5. The number of ether oxygens (including phenoxy) is 2. The van der Waals surface area contributed by atoms with Crippen molar-refractivity contribution in [3.05, 3.63) is 12.2 Å². The zero-order chi connectivity index (χ0) is 21.1. The van der Waals surface area contributed by atoms with Crippen LogP contribution >= 0.6 is 0 Å². The van der Waals surface area contributed by atoms with Crippen LogP contribution in [-0.4, -0.2) is 55.0 Å². The molecule has 2 rings (SSSR count). The van der Waals surface area contributed by atoms with Crippen molar-refractivity contribution in [1.29, 1.82) is 0 Å². The summed E-state index contributed by atoms with van der Waals surface area (Å²) >= 11 is 0. The molecule has 0 aliphatic carbocycles. The van der Waals surface area contributed by atoms with Crippen molar-refractivity contribution in [2.75, 3.05) is 19.7 Å². The average Bonchev–Trinajstić information content (AvgIpc) is 3.29. The number of allylic oxidation sites excluding steroid dienone is 1. The molecule has 2 aliphatic rings. The molecule has 4 atom stereocenters. The standard InChI is InChI=1S/C21H34N2O6/c1-2-3-12-22-21(27)28-14-19(24)23-13-16-15(17-10-11-18(16)29-17)8-6-4-5-7-9-20(25)26/h6,8,15-18H,2-5,7,9-14H2,1H3,(H,22,27)(H,23,24)(H,25,26)/t15-,16+,17-,18+/m0/s1. The SMILES string of the molecule is CCCCNC(=O)OCC(=O)NC[C@@H]1[C@H](C=CCCCCC(=O)O)[C@@H]2CC[C@H]1O2. The largest absolute Gasteiger partial charge is 0.481 e. The number of hydrogen-bond donors (Lipinski definition) is 3. The minimum absolute atomic E-state index is 0.153. The molecule has 2 heterocycles. The molecule has 164 valence electrons. The molecule has 0 aromatic heterocycles. The highest BCUT2D eigenvalue weighted by Crippen LogP contribution is 2.43. The van der Waals surface area contributed by atoms with Crippen LogP contribution in [0.5, 0.6) is 0 Å². The molecule has 8 nitrogen and oxygen atoms in total. The van der Waals surface area contributed by atoms with Crippen LogP contribution in [-0.2, 0) is 19.1 Å². The Morgan fingerprint density at radius 3 is 2.69 bits per heavy atom. The second-order valence-corrected chi connectivity index (χ2v) is 7.76. The zero-order valence-corrected chi connectivity index (χ0v) is 17.2. The second-order valence-electron chi connectivity index (χ2n) is 7.76. The van der Waals surface area contributed by atoms with Gasteiger partial charge >= 0.3 is 12.1 Å². The van der Waals surface area contributed by atoms with Gasteiger partial charge in [0.1, 0.15) is 0 Å². The van der Waals surface area contributed by atoms with Crippen LogP contribution in [0.15, 0.2) is 12.2 Å². The third-order valence-electron chi connectivity index (χ3n) is 5.53. The van der Waals surface area contributed by atoms with Crippen LogP contribution in [0.1, 0.15) is 58.3 Å². The Morgan fingerprint density at radius 1 is 1.14 bits per heavy atom. The Hall–Kier alpha value is -2.09. The fraction of sp³-hybridized carbons (Fsp3) is 0.762. The molecule has 0 radical (unpaired) electrons. The predicted octanol–water partition coefficient (Wildman–Crippen LogP) is 2.62. The van der Waals surface area contributed by atoms with Crippen LogP contribution < -0.4 is 10.6 Å². The van der Waals surface area contributed by atoms with Gasteiger partial charge in [0.25, 0.3) is 5.91 Å². The van der Waals surface area contributed by atoms with E-state index in [1.807, 2.05) is 6.92 Å². The lowest BCUT2D eigenvalue weighted by molar-refractivity contribution is -0.137. The van der Waals surface area contributed by atoms with E-state index in [-0.39, 0.29) is 43.0 Å². The monoisotopic (exact) mass is 410 g/mol. The minimum atomic E-state index is -0.756. The van der Waals surface area contributed by atoms with Gasteiger partial charge in [-0.1, -0.05) is 25.5 Å². The number of unbranched alkanes of at least 4 members (excludes halogenated alkanes) is 3. The van der Waals surface area contributed by atoms with Gasteiger partial charge in [0.05, 0.1) is 12.2 Å². The minimum Gasteiger partial charge on any atom is -0.481 e. The molecule has 2 saturated heterocycles. The molecule has 0 aromatic carbocycles. The van der Waals surface area contributed by atoms with Gasteiger partial charge in [0.15, 0.2) is 6.61 Å². The van der Waals surface area contributed by atoms with Gasteiger partial charge in [-0.25, -0.2) is 4.79 Å². The van der Waals surface area contributed by atoms with Crippen molar-refractivity contribution >= 4 is 18.0 Å². The average molecular weight is 411 g/mol. The first-order valence-corrected chi connectivity index (χ1v) is 10.7. The topological polar surface area (TPSA) is 114 Å². The summed E-state index contributed by atoms with van der Waals surface area (Å²) in [4.78, 5) is 34.0. The van der Waals surface area contributed by atoms with Gasteiger partial charge in [-0.2, -0.15) is 0 Å².